The number of amides is 1. The minimum atomic E-state index is -0.314. The molecule has 0 aromatic carbocycles. The Kier molecular flexibility index (Phi) is 4.37. The summed E-state index contributed by atoms with van der Waals surface area (Å²) >= 11 is 3.07. The number of nitrogens with one attached hydrogen (secondary N) is 1. The predicted molar refractivity (Wildman–Crippen MR) is 87.5 cm³/mol. The molecule has 1 N–H and O–H groups in total. The molecule has 3 aromatic heterocycles. The summed E-state index contributed by atoms with van der Waals surface area (Å²) in [6.07, 6.45) is 0. The molecule has 0 aliphatic rings. The van der Waals surface area contributed by atoms with E-state index in [1.807, 2.05) is 11.4 Å². The maximum atomic E-state index is 12.1. The zero-order valence-electron chi connectivity index (χ0n) is 12.1. The van der Waals surface area contributed by atoms with Crippen LogP contribution in [0.3, 0.4) is 0 Å². The van der Waals surface area contributed by atoms with E-state index in [1.54, 1.807) is 30.6 Å². The Hall–Kier alpha value is -1.96. The Morgan fingerprint density at radius 3 is 2.95 bits per heavy atom. The average Bonchev–Trinajstić information content (AvgIpc) is 3.19. The molecule has 0 aliphatic heterocycles. The van der Waals surface area contributed by atoms with E-state index in [-0.39, 0.29) is 11.7 Å². The Morgan fingerprint density at radius 1 is 1.36 bits per heavy atom. The van der Waals surface area contributed by atoms with Crippen molar-refractivity contribution in [3.05, 3.63) is 46.0 Å². The van der Waals surface area contributed by atoms with E-state index in [9.17, 15) is 4.79 Å². The van der Waals surface area contributed by atoms with Gasteiger partial charge in [-0.2, -0.15) is 0 Å². The second kappa shape index (κ2) is 6.43. The molecule has 3 aromatic rings. The van der Waals surface area contributed by atoms with Crippen molar-refractivity contribution in [2.45, 2.75) is 13.5 Å². The van der Waals surface area contributed by atoms with Gasteiger partial charge in [-0.05, 0) is 31.2 Å². The van der Waals surface area contributed by atoms with E-state index in [1.165, 1.54) is 16.2 Å². The molecule has 22 heavy (non-hydrogen) atoms. The van der Waals surface area contributed by atoms with Crippen LogP contribution >= 0.6 is 22.7 Å². The van der Waals surface area contributed by atoms with E-state index in [2.05, 4.69) is 23.3 Å². The fourth-order valence-electron chi connectivity index (χ4n) is 1.90. The molecule has 0 atom stereocenters. The summed E-state index contributed by atoms with van der Waals surface area (Å²) < 4.78 is 10.4. The number of thiophene rings is 1. The second-order valence-corrected chi connectivity index (χ2v) is 6.75. The number of anilines is 1. The molecular weight excluding hydrogens is 320 g/mol. The first kappa shape index (κ1) is 15.0. The zero-order chi connectivity index (χ0) is 15.5. The fourth-order valence-corrected chi connectivity index (χ4v) is 3.50. The Labute approximate surface area is 135 Å². The van der Waals surface area contributed by atoms with Gasteiger partial charge in [0.15, 0.2) is 10.9 Å². The van der Waals surface area contributed by atoms with E-state index in [4.69, 9.17) is 9.15 Å². The molecule has 0 radical (unpaired) electrons. The van der Waals surface area contributed by atoms with Gasteiger partial charge in [-0.1, -0.05) is 0 Å². The van der Waals surface area contributed by atoms with Crippen LogP contribution in [0.2, 0.25) is 0 Å². The van der Waals surface area contributed by atoms with Crippen LogP contribution in [0.4, 0.5) is 5.13 Å². The monoisotopic (exact) mass is 334 g/mol. The fraction of sp³-hybridized carbons (Fsp3) is 0.200. The number of carbonyl (C=O) groups is 1. The number of ether oxygens (including phenoxy) is 1. The van der Waals surface area contributed by atoms with Crippen molar-refractivity contribution in [3.63, 3.8) is 0 Å². The predicted octanol–water partition coefficient (Wildman–Crippen LogP) is 4.17. The standard InChI is InChI=1S/C15H14N2O3S2/c1-9-3-6-13(22-9)11-8-21-15(16-11)17-14(18)12-5-4-10(20-12)7-19-2/h3-6,8H,7H2,1-2H3,(H,16,17,18). The lowest BCUT2D eigenvalue weighted by Crippen LogP contribution is -2.10. The number of methoxy groups -OCH3 is 1. The van der Waals surface area contributed by atoms with Crippen LogP contribution in [0.25, 0.3) is 10.6 Å². The lowest BCUT2D eigenvalue weighted by Gasteiger charge is -1.98. The highest BCUT2D eigenvalue weighted by atomic mass is 32.1. The summed E-state index contributed by atoms with van der Waals surface area (Å²) in [6, 6.07) is 7.43. The number of aryl methyl sites for hydroxylation is 1. The van der Waals surface area contributed by atoms with E-state index in [0.717, 1.165) is 10.6 Å². The van der Waals surface area contributed by atoms with Gasteiger partial charge in [0.25, 0.3) is 5.91 Å². The third-order valence-corrected chi connectivity index (χ3v) is 4.67. The van der Waals surface area contributed by atoms with Crippen LogP contribution in [0.5, 0.6) is 0 Å². The van der Waals surface area contributed by atoms with Gasteiger partial charge in [-0.25, -0.2) is 4.98 Å². The molecule has 114 valence electrons. The third-order valence-electron chi connectivity index (χ3n) is 2.89. The van der Waals surface area contributed by atoms with Gasteiger partial charge in [0.05, 0.1) is 10.6 Å². The normalized spacial score (nSPS) is 10.8. The van der Waals surface area contributed by atoms with Crippen molar-refractivity contribution in [2.75, 3.05) is 12.4 Å². The minimum Gasteiger partial charge on any atom is -0.453 e. The number of aromatic nitrogens is 1. The number of hydrogen-bond donors (Lipinski definition) is 1. The molecule has 0 bridgehead atoms. The summed E-state index contributed by atoms with van der Waals surface area (Å²) in [4.78, 5) is 18.9. The Bertz CT molecular complexity index is 788. The molecule has 1 amide bonds. The van der Waals surface area contributed by atoms with Crippen LogP contribution < -0.4 is 5.32 Å². The second-order valence-electron chi connectivity index (χ2n) is 4.60. The summed E-state index contributed by atoms with van der Waals surface area (Å²) in [5.74, 6) is 0.544. The van der Waals surface area contributed by atoms with Crippen LogP contribution in [0.15, 0.2) is 34.1 Å². The number of thiazole rings is 1. The van der Waals surface area contributed by atoms with Crippen molar-refractivity contribution in [3.8, 4) is 10.6 Å². The summed E-state index contributed by atoms with van der Waals surface area (Å²) in [6.45, 7) is 2.39. The summed E-state index contributed by atoms with van der Waals surface area (Å²) in [7, 11) is 1.58. The topological polar surface area (TPSA) is 64.4 Å². The quantitative estimate of drug-likeness (QED) is 0.760. The number of furan rings is 1. The largest absolute Gasteiger partial charge is 0.453 e. The van der Waals surface area contributed by atoms with Crippen molar-refractivity contribution in [2.24, 2.45) is 0 Å². The molecule has 0 unspecified atom stereocenters. The zero-order valence-corrected chi connectivity index (χ0v) is 13.7. The van der Waals surface area contributed by atoms with Crippen LogP contribution in [0, 0.1) is 6.92 Å². The molecule has 3 rings (SSSR count). The van der Waals surface area contributed by atoms with E-state index >= 15 is 0 Å². The smallest absolute Gasteiger partial charge is 0.293 e. The molecule has 0 saturated heterocycles. The number of nitrogens with zero attached hydrogens (tertiary/aromatic N) is 1. The lowest BCUT2D eigenvalue weighted by atomic mass is 10.4. The number of rotatable bonds is 5. The molecule has 0 aliphatic carbocycles. The maximum Gasteiger partial charge on any atom is 0.293 e. The third kappa shape index (κ3) is 3.27. The first-order valence-corrected chi connectivity index (χ1v) is 8.26. The molecule has 7 heteroatoms. The van der Waals surface area contributed by atoms with Crippen LogP contribution in [0.1, 0.15) is 21.2 Å². The van der Waals surface area contributed by atoms with Gasteiger partial charge in [-0.3, -0.25) is 10.1 Å². The van der Waals surface area contributed by atoms with Crippen LogP contribution in [-0.2, 0) is 11.3 Å². The molecule has 0 spiro atoms. The summed E-state index contributed by atoms with van der Waals surface area (Å²) in [5.41, 5.74) is 0.873. The van der Waals surface area contributed by atoms with Gasteiger partial charge in [-0.15, -0.1) is 22.7 Å². The van der Waals surface area contributed by atoms with E-state index < -0.39 is 0 Å². The highest BCUT2D eigenvalue weighted by Crippen LogP contribution is 2.30. The number of carbonyl (C=O) groups excluding carboxylic acids is 1. The van der Waals surface area contributed by atoms with Gasteiger partial charge >= 0.3 is 0 Å². The highest BCUT2D eigenvalue weighted by Gasteiger charge is 2.14. The van der Waals surface area contributed by atoms with Crippen LogP contribution in [-0.4, -0.2) is 18.0 Å². The molecule has 0 fully saturated rings. The average molecular weight is 334 g/mol. The van der Waals surface area contributed by atoms with Gasteiger partial charge in [0.2, 0.25) is 0 Å². The Morgan fingerprint density at radius 2 is 2.23 bits per heavy atom. The van der Waals surface area contributed by atoms with Crippen molar-refractivity contribution >= 4 is 33.7 Å². The number of hydrogen-bond acceptors (Lipinski definition) is 6. The van der Waals surface area contributed by atoms with Gasteiger partial charge in [0.1, 0.15) is 12.4 Å². The minimum absolute atomic E-state index is 0.246. The van der Waals surface area contributed by atoms with E-state index in [0.29, 0.717) is 17.5 Å². The molecule has 5 nitrogen and oxygen atoms in total. The first-order chi connectivity index (χ1) is 10.7. The molecule has 3 heterocycles. The molecular formula is C15H14N2O3S2. The van der Waals surface area contributed by atoms with Gasteiger partial charge in [0, 0.05) is 17.4 Å². The van der Waals surface area contributed by atoms with Crippen molar-refractivity contribution in [1.29, 1.82) is 0 Å². The highest BCUT2D eigenvalue weighted by molar-refractivity contribution is 7.17. The summed E-state index contributed by atoms with van der Waals surface area (Å²) in [5, 5.41) is 5.23. The molecule has 0 saturated carbocycles. The Balaban J connectivity index is 1.70. The van der Waals surface area contributed by atoms with Crippen molar-refractivity contribution < 1.29 is 13.9 Å². The van der Waals surface area contributed by atoms with Gasteiger partial charge < -0.3 is 9.15 Å². The lowest BCUT2D eigenvalue weighted by molar-refractivity contribution is 0.0987. The first-order valence-electron chi connectivity index (χ1n) is 6.57. The van der Waals surface area contributed by atoms with Crippen molar-refractivity contribution in [1.82, 2.24) is 4.98 Å². The SMILES string of the molecule is COCc1ccc(C(=O)Nc2nc(-c3ccc(C)s3)cs2)o1. The maximum absolute atomic E-state index is 12.1.